The van der Waals surface area contributed by atoms with Gasteiger partial charge in [-0.25, -0.2) is 9.59 Å². The molecule has 1 aromatic heterocycles. The van der Waals surface area contributed by atoms with Gasteiger partial charge in [-0.3, -0.25) is 4.79 Å². The summed E-state index contributed by atoms with van der Waals surface area (Å²) in [7, 11) is 3.84. The molecule has 16 nitrogen and oxygen atoms in total. The Labute approximate surface area is 375 Å². The number of hydrogen-bond acceptors (Lipinski definition) is 15. The van der Waals surface area contributed by atoms with Crippen molar-refractivity contribution in [3.63, 3.8) is 0 Å². The highest BCUT2D eigenvalue weighted by atomic mass is 32.1. The summed E-state index contributed by atoms with van der Waals surface area (Å²) in [4.78, 5) is 43.6. The third-order valence-electron chi connectivity index (χ3n) is 13.5. The van der Waals surface area contributed by atoms with E-state index in [1.165, 1.54) is 11.5 Å². The molecule has 0 radical (unpaired) electrons. The Balaban J connectivity index is 1.35. The van der Waals surface area contributed by atoms with Crippen molar-refractivity contribution in [3.8, 4) is 10.4 Å². The van der Waals surface area contributed by atoms with Gasteiger partial charge in [0.15, 0.2) is 11.9 Å². The van der Waals surface area contributed by atoms with E-state index in [4.69, 9.17) is 33.2 Å². The van der Waals surface area contributed by atoms with Crippen molar-refractivity contribution in [2.45, 2.75) is 141 Å². The highest BCUT2D eigenvalue weighted by Gasteiger charge is 2.57. The number of nitrogens with zero attached hydrogens (tertiary/aromatic N) is 3. The summed E-state index contributed by atoms with van der Waals surface area (Å²) in [6.45, 7) is 20.1. The molecule has 4 aliphatic rings. The van der Waals surface area contributed by atoms with Gasteiger partial charge in [-0.1, -0.05) is 68.6 Å². The van der Waals surface area contributed by atoms with Gasteiger partial charge in [-0.2, -0.15) is 0 Å². The summed E-state index contributed by atoms with van der Waals surface area (Å²) in [5, 5.41) is 21.5. The van der Waals surface area contributed by atoms with Gasteiger partial charge in [-0.15, -0.1) is 5.10 Å². The monoisotopic (exact) mass is 897 g/mol. The van der Waals surface area contributed by atoms with Crippen molar-refractivity contribution in [3.05, 3.63) is 59.8 Å². The lowest BCUT2D eigenvalue weighted by molar-refractivity contribution is -0.302. The largest absolute Gasteiger partial charge is 0.458 e. The number of hydrogen-bond donors (Lipinski definition) is 3. The minimum atomic E-state index is -1.27. The highest BCUT2D eigenvalue weighted by molar-refractivity contribution is 7.09. The first kappa shape index (κ1) is 48.5. The summed E-state index contributed by atoms with van der Waals surface area (Å²) >= 11 is 1.31. The number of aliphatic hydroxyl groups is 1. The first-order chi connectivity index (χ1) is 29.8. The van der Waals surface area contributed by atoms with Crippen LogP contribution in [0.3, 0.4) is 0 Å². The average molecular weight is 898 g/mol. The van der Waals surface area contributed by atoms with Gasteiger partial charge in [0.2, 0.25) is 0 Å². The van der Waals surface area contributed by atoms with Gasteiger partial charge in [-0.05, 0) is 101 Å². The zero-order valence-electron chi connectivity index (χ0n) is 38.3. The van der Waals surface area contributed by atoms with E-state index in [0.717, 1.165) is 21.6 Å². The molecular formula is C46H67N5O11S. The maximum Gasteiger partial charge on any atom is 0.408 e. The molecule has 3 unspecified atom stereocenters. The van der Waals surface area contributed by atoms with E-state index in [9.17, 15) is 19.5 Å². The number of ether oxygens (including phenoxy) is 7. The molecule has 348 valence electrons. The van der Waals surface area contributed by atoms with E-state index < -0.39 is 83.9 Å². The number of alkyl carbamates (subject to hydrolysis) is 2. The lowest BCUT2D eigenvalue weighted by Crippen LogP contribution is -2.60. The smallest absolute Gasteiger partial charge is 0.408 e. The fraction of sp³-hybridized carbons (Fsp3) is 0.674. The van der Waals surface area contributed by atoms with Crippen LogP contribution in [-0.2, 0) is 44.5 Å². The zero-order valence-corrected chi connectivity index (χ0v) is 39.1. The Morgan fingerprint density at radius 3 is 2.51 bits per heavy atom. The van der Waals surface area contributed by atoms with Crippen molar-refractivity contribution >= 4 is 29.7 Å². The first-order valence-electron chi connectivity index (χ1n) is 22.1. The number of benzene rings is 1. The molecule has 63 heavy (non-hydrogen) atoms. The molecule has 5 heterocycles. The maximum absolute atomic E-state index is 14.4. The molecule has 0 spiro atoms. The minimum absolute atomic E-state index is 0.0817. The lowest BCUT2D eigenvalue weighted by Gasteiger charge is -2.49. The van der Waals surface area contributed by atoms with Crippen molar-refractivity contribution in [1.29, 1.82) is 0 Å². The van der Waals surface area contributed by atoms with Crippen molar-refractivity contribution in [1.82, 2.24) is 25.1 Å². The second-order valence-corrected chi connectivity index (χ2v) is 19.2. The molecular weight excluding hydrogens is 831 g/mol. The fourth-order valence-electron chi connectivity index (χ4n) is 10.0. The number of likely N-dealkylation sites (N-methyl/N-ethyl adjacent to an activating group) is 1. The summed E-state index contributed by atoms with van der Waals surface area (Å²) in [5.74, 6) is -2.55. The molecule has 4 aliphatic heterocycles. The maximum atomic E-state index is 14.4. The van der Waals surface area contributed by atoms with E-state index in [0.29, 0.717) is 24.8 Å². The van der Waals surface area contributed by atoms with Gasteiger partial charge in [0.25, 0.3) is 0 Å². The molecule has 0 saturated carbocycles. The second kappa shape index (κ2) is 20.5. The van der Waals surface area contributed by atoms with Crippen molar-refractivity contribution < 1.29 is 52.6 Å². The van der Waals surface area contributed by atoms with E-state index in [1.54, 1.807) is 20.0 Å². The third kappa shape index (κ3) is 10.9. The van der Waals surface area contributed by atoms with Crippen LogP contribution in [0.15, 0.2) is 54.3 Å². The summed E-state index contributed by atoms with van der Waals surface area (Å²) in [6, 6.07) is 6.87. The summed E-state index contributed by atoms with van der Waals surface area (Å²) < 4.78 is 48.9. The molecule has 14 atom stereocenters. The van der Waals surface area contributed by atoms with Gasteiger partial charge in [0.1, 0.15) is 18.8 Å². The predicted molar refractivity (Wildman–Crippen MR) is 235 cm³/mol. The molecule has 4 fully saturated rings. The number of aliphatic hydroxyl groups excluding tert-OH is 1. The van der Waals surface area contributed by atoms with E-state index >= 15 is 0 Å². The zero-order chi connectivity index (χ0) is 45.8. The molecule has 6 rings (SSSR count). The number of rotatable bonds is 9. The Kier molecular flexibility index (Phi) is 15.8. The van der Waals surface area contributed by atoms with E-state index in [1.807, 2.05) is 84.0 Å². The number of aromatic nitrogens is 2. The van der Waals surface area contributed by atoms with Gasteiger partial charge in [0, 0.05) is 24.4 Å². The number of amides is 2. The number of carbonyl (C=O) groups excluding carboxylic acids is 3. The predicted octanol–water partition coefficient (Wildman–Crippen LogP) is 6.04. The number of fused-ring (bicyclic) bond motifs is 4. The highest BCUT2D eigenvalue weighted by Crippen LogP contribution is 2.44. The van der Waals surface area contributed by atoms with Crippen LogP contribution in [0.5, 0.6) is 0 Å². The summed E-state index contributed by atoms with van der Waals surface area (Å²) in [6.07, 6.45) is -0.925. The Morgan fingerprint density at radius 1 is 1.11 bits per heavy atom. The standard InChI is InChI=1S/C46H67N5O11S/c1-12-36-46(9)39(49-44(55)62-46)28(5)33(17-18-56-43(54)47-21-31-13-15-32(16-14-31)35-22-48-50-63-35)26(3)20-45(8)40(61-42-37(52)34(51(10)11)19-27(4)59-42)29(6)38(30(7)41(53)60-36)57-23-25(2)24-58-45/h13-17,22,26-30,34,36-40,42,52H,2,12,18-21,23-24H2,1,3-11H3,(H,47,54)(H,49,55)/b33-17+/t26-,27-,28+,29+,30-,34+,36-,37-,38?,39?,40-,42?,45-,46-/m1/s1. The fourth-order valence-corrected chi connectivity index (χ4v) is 10.6. The topological polar surface area (TPSA) is 189 Å². The summed E-state index contributed by atoms with van der Waals surface area (Å²) in [5.41, 5.74) is 1.03. The molecule has 4 saturated heterocycles. The van der Waals surface area contributed by atoms with E-state index in [2.05, 4.69) is 33.7 Å². The lowest BCUT2D eigenvalue weighted by atomic mass is 9.71. The van der Waals surface area contributed by atoms with Crippen LogP contribution >= 0.6 is 11.5 Å². The van der Waals surface area contributed by atoms with Gasteiger partial charge < -0.3 is 53.8 Å². The van der Waals surface area contributed by atoms with Crippen LogP contribution < -0.4 is 10.6 Å². The Hall–Kier alpha value is -3.97. The molecule has 2 amide bonds. The Bertz CT molecular complexity index is 1930. The van der Waals surface area contributed by atoms with Crippen LogP contribution in [0.2, 0.25) is 0 Å². The quantitative estimate of drug-likeness (QED) is 0.150. The van der Waals surface area contributed by atoms with Crippen molar-refractivity contribution in [2.75, 3.05) is 33.9 Å². The normalized spacial score (nSPS) is 37.5. The molecule has 0 aliphatic carbocycles. The Morgan fingerprint density at radius 2 is 1.84 bits per heavy atom. The second-order valence-electron chi connectivity index (χ2n) is 18.5. The van der Waals surface area contributed by atoms with Crippen LogP contribution in [-0.4, -0.2) is 132 Å². The SMILES string of the molecule is C=C1COC2[C@@H](C)C(=O)O[C@H](CC)[C@@]3(C)OC(=O)NC3[C@@H](C)/C(=C/COC(=O)NCc3ccc(-c4cnns4)cc3)[C@H](C)C[C@@](C)(OC1)[C@H](OC1O[C@H](C)C[C@H](N(C)C)[C@H]1O)[C@H]2C. The van der Waals surface area contributed by atoms with Crippen LogP contribution in [0.4, 0.5) is 9.59 Å². The molecule has 3 N–H and O–H groups in total. The molecule has 1 aromatic carbocycles. The van der Waals surface area contributed by atoms with Crippen LogP contribution in [0.25, 0.3) is 10.4 Å². The number of carbonyl (C=O) groups is 3. The van der Waals surface area contributed by atoms with E-state index in [-0.39, 0.29) is 44.4 Å². The first-order valence-corrected chi connectivity index (χ1v) is 22.9. The molecule has 2 bridgehead atoms. The number of esters is 1. The van der Waals surface area contributed by atoms with Crippen LogP contribution in [0, 0.1) is 23.7 Å². The minimum Gasteiger partial charge on any atom is -0.458 e. The van der Waals surface area contributed by atoms with Gasteiger partial charge >= 0.3 is 18.2 Å². The van der Waals surface area contributed by atoms with Gasteiger partial charge in [0.05, 0.1) is 60.2 Å². The molecule has 17 heteroatoms. The van der Waals surface area contributed by atoms with Crippen molar-refractivity contribution in [2.24, 2.45) is 23.7 Å². The number of cyclic esters (lactones) is 1. The van der Waals surface area contributed by atoms with Crippen LogP contribution in [0.1, 0.15) is 80.2 Å². The third-order valence-corrected chi connectivity index (χ3v) is 14.2. The average Bonchev–Trinajstić information content (AvgIpc) is 3.90. The number of nitrogens with one attached hydrogen (secondary N) is 2. The molecule has 2 aromatic rings.